The minimum Gasteiger partial charge on any atom is -0.492 e. The first-order chi connectivity index (χ1) is 10.6. The van der Waals surface area contributed by atoms with Crippen LogP contribution >= 0.6 is 15.9 Å². The first kappa shape index (κ1) is 16.8. The Balaban J connectivity index is 1.88. The lowest BCUT2D eigenvalue weighted by molar-refractivity contribution is -0.146. The van der Waals surface area contributed by atoms with Crippen LogP contribution in [0.5, 0.6) is 5.75 Å². The average Bonchev–Trinajstić information content (AvgIpc) is 2.50. The smallest absolute Gasteiger partial charge is 0.307 e. The molecule has 1 aliphatic rings. The maximum absolute atomic E-state index is 11.9. The van der Waals surface area contributed by atoms with Gasteiger partial charge in [0.2, 0.25) is 5.91 Å². The number of halogens is 1. The summed E-state index contributed by atoms with van der Waals surface area (Å²) >= 11 is 3.39. The number of amides is 1. The summed E-state index contributed by atoms with van der Waals surface area (Å²) in [5, 5.41) is 2.77. The van der Waals surface area contributed by atoms with E-state index in [1.54, 1.807) is 0 Å². The van der Waals surface area contributed by atoms with E-state index in [0.29, 0.717) is 26.2 Å². The van der Waals surface area contributed by atoms with E-state index in [0.717, 1.165) is 10.2 Å². The third-order valence-electron chi connectivity index (χ3n) is 3.47. The van der Waals surface area contributed by atoms with Crippen molar-refractivity contribution in [2.24, 2.45) is 0 Å². The monoisotopic (exact) mass is 370 g/mol. The summed E-state index contributed by atoms with van der Waals surface area (Å²) in [4.78, 5) is 25.3. The van der Waals surface area contributed by atoms with Crippen LogP contribution in [0.2, 0.25) is 0 Å². The largest absolute Gasteiger partial charge is 0.492 e. The van der Waals surface area contributed by atoms with Crippen LogP contribution in [0.4, 0.5) is 0 Å². The molecule has 120 valence electrons. The summed E-state index contributed by atoms with van der Waals surface area (Å²) in [6.45, 7) is 2.28. The Kier molecular flexibility index (Phi) is 6.21. The molecule has 0 radical (unpaired) electrons. The van der Waals surface area contributed by atoms with Crippen LogP contribution in [0.1, 0.15) is 6.42 Å². The SMILES string of the molecule is COC(=O)C[C@@H]1C(=O)NCCN1CCOc1cccc(Br)c1. The highest BCUT2D eigenvalue weighted by molar-refractivity contribution is 9.10. The van der Waals surface area contributed by atoms with E-state index in [2.05, 4.69) is 26.0 Å². The van der Waals surface area contributed by atoms with Gasteiger partial charge in [-0.15, -0.1) is 0 Å². The molecule has 1 aromatic carbocycles. The Morgan fingerprint density at radius 1 is 1.50 bits per heavy atom. The molecule has 6 nitrogen and oxygen atoms in total. The number of methoxy groups -OCH3 is 1. The van der Waals surface area contributed by atoms with Gasteiger partial charge in [0.25, 0.3) is 0 Å². The molecule has 1 amide bonds. The van der Waals surface area contributed by atoms with Crippen molar-refractivity contribution in [3.63, 3.8) is 0 Å². The van der Waals surface area contributed by atoms with Crippen LogP contribution in [0, 0.1) is 0 Å². The van der Waals surface area contributed by atoms with Crippen LogP contribution in [0.15, 0.2) is 28.7 Å². The van der Waals surface area contributed by atoms with Gasteiger partial charge in [-0.1, -0.05) is 22.0 Å². The molecule has 0 aliphatic carbocycles. The molecule has 1 saturated heterocycles. The second kappa shape index (κ2) is 8.14. The fraction of sp³-hybridized carbons (Fsp3) is 0.467. The predicted octanol–water partition coefficient (Wildman–Crippen LogP) is 1.19. The standard InChI is InChI=1S/C15H19BrN2O4/c1-21-14(19)10-13-15(20)17-5-6-18(13)7-8-22-12-4-2-3-11(16)9-12/h2-4,9,13H,5-8,10H2,1H3,(H,17,20)/t13-/m1/s1. The van der Waals surface area contributed by atoms with Gasteiger partial charge in [0.05, 0.1) is 19.6 Å². The van der Waals surface area contributed by atoms with Crippen LogP contribution in [0.3, 0.4) is 0 Å². The molecule has 1 aromatic rings. The summed E-state index contributed by atoms with van der Waals surface area (Å²) in [5.41, 5.74) is 0. The highest BCUT2D eigenvalue weighted by atomic mass is 79.9. The average molecular weight is 371 g/mol. The predicted molar refractivity (Wildman–Crippen MR) is 84.6 cm³/mol. The third-order valence-corrected chi connectivity index (χ3v) is 3.97. The van der Waals surface area contributed by atoms with Gasteiger partial charge >= 0.3 is 5.97 Å². The topological polar surface area (TPSA) is 67.9 Å². The number of nitrogens with zero attached hydrogens (tertiary/aromatic N) is 1. The van der Waals surface area contributed by atoms with Gasteiger partial charge in [-0.25, -0.2) is 0 Å². The number of rotatable bonds is 6. The third kappa shape index (κ3) is 4.71. The molecule has 0 unspecified atom stereocenters. The Bertz CT molecular complexity index is 538. The maximum atomic E-state index is 11.9. The van der Waals surface area contributed by atoms with E-state index < -0.39 is 6.04 Å². The number of nitrogens with one attached hydrogen (secondary N) is 1. The zero-order valence-electron chi connectivity index (χ0n) is 12.4. The minimum absolute atomic E-state index is 0.0548. The zero-order chi connectivity index (χ0) is 15.9. The molecule has 2 rings (SSSR count). The highest BCUT2D eigenvalue weighted by Gasteiger charge is 2.31. The minimum atomic E-state index is -0.493. The summed E-state index contributed by atoms with van der Waals surface area (Å²) < 4.78 is 11.3. The fourth-order valence-electron chi connectivity index (χ4n) is 2.33. The molecule has 1 N–H and O–H groups in total. The fourth-order valence-corrected chi connectivity index (χ4v) is 2.71. The first-order valence-corrected chi connectivity index (χ1v) is 7.86. The van der Waals surface area contributed by atoms with E-state index in [1.807, 2.05) is 29.2 Å². The van der Waals surface area contributed by atoms with Crippen molar-refractivity contribution in [2.75, 3.05) is 33.4 Å². The van der Waals surface area contributed by atoms with Crippen molar-refractivity contribution < 1.29 is 19.1 Å². The molecule has 22 heavy (non-hydrogen) atoms. The van der Waals surface area contributed by atoms with Crippen LogP contribution in [0.25, 0.3) is 0 Å². The lowest BCUT2D eigenvalue weighted by Gasteiger charge is -2.34. The molecule has 0 aromatic heterocycles. The van der Waals surface area contributed by atoms with Crippen molar-refractivity contribution in [3.05, 3.63) is 28.7 Å². The molecule has 1 atom stereocenters. The van der Waals surface area contributed by atoms with Crippen molar-refractivity contribution >= 4 is 27.8 Å². The lowest BCUT2D eigenvalue weighted by Crippen LogP contribution is -2.56. The maximum Gasteiger partial charge on any atom is 0.307 e. The van der Waals surface area contributed by atoms with E-state index in [1.165, 1.54) is 7.11 Å². The van der Waals surface area contributed by atoms with E-state index in [-0.39, 0.29) is 18.3 Å². The number of ether oxygens (including phenoxy) is 2. The van der Waals surface area contributed by atoms with Crippen LogP contribution in [-0.4, -0.2) is 56.2 Å². The van der Waals surface area contributed by atoms with Crippen LogP contribution < -0.4 is 10.1 Å². The van der Waals surface area contributed by atoms with Crippen molar-refractivity contribution in [3.8, 4) is 5.75 Å². The van der Waals surface area contributed by atoms with Gasteiger partial charge < -0.3 is 14.8 Å². The van der Waals surface area contributed by atoms with Gasteiger partial charge in [-0.3, -0.25) is 14.5 Å². The number of hydrogen-bond donors (Lipinski definition) is 1. The molecule has 0 saturated carbocycles. The van der Waals surface area contributed by atoms with E-state index in [9.17, 15) is 9.59 Å². The second-order valence-corrected chi connectivity index (χ2v) is 5.84. The molecule has 0 bridgehead atoms. The summed E-state index contributed by atoms with van der Waals surface area (Å²) in [6, 6.07) is 7.09. The second-order valence-electron chi connectivity index (χ2n) is 4.93. The number of piperazine rings is 1. The van der Waals surface area contributed by atoms with Gasteiger partial charge in [-0.2, -0.15) is 0 Å². The van der Waals surface area contributed by atoms with Crippen molar-refractivity contribution in [1.29, 1.82) is 0 Å². The summed E-state index contributed by atoms with van der Waals surface area (Å²) in [6.07, 6.45) is 0.0548. The number of esters is 1. The summed E-state index contributed by atoms with van der Waals surface area (Å²) in [7, 11) is 1.32. The van der Waals surface area contributed by atoms with Crippen LogP contribution in [-0.2, 0) is 14.3 Å². The first-order valence-electron chi connectivity index (χ1n) is 7.07. The van der Waals surface area contributed by atoms with Gasteiger partial charge in [0, 0.05) is 24.1 Å². The summed E-state index contributed by atoms with van der Waals surface area (Å²) in [5.74, 6) is 0.236. The quantitative estimate of drug-likeness (QED) is 0.761. The molecule has 1 heterocycles. The Hall–Kier alpha value is -1.60. The zero-order valence-corrected chi connectivity index (χ0v) is 14.0. The number of benzene rings is 1. The van der Waals surface area contributed by atoms with Gasteiger partial charge in [0.1, 0.15) is 12.4 Å². The normalized spacial score (nSPS) is 18.6. The molecule has 0 spiro atoms. The van der Waals surface area contributed by atoms with Crippen molar-refractivity contribution in [2.45, 2.75) is 12.5 Å². The molecular formula is C15H19BrN2O4. The van der Waals surface area contributed by atoms with E-state index >= 15 is 0 Å². The number of hydrogen-bond acceptors (Lipinski definition) is 5. The molecular weight excluding hydrogens is 352 g/mol. The molecule has 1 aliphatic heterocycles. The molecule has 1 fully saturated rings. The van der Waals surface area contributed by atoms with Crippen molar-refractivity contribution in [1.82, 2.24) is 10.2 Å². The van der Waals surface area contributed by atoms with E-state index in [4.69, 9.17) is 4.74 Å². The Morgan fingerprint density at radius 3 is 3.05 bits per heavy atom. The Morgan fingerprint density at radius 2 is 2.32 bits per heavy atom. The Labute approximate surface area is 137 Å². The molecule has 7 heteroatoms. The number of carbonyl (C=O) groups excluding carboxylic acids is 2. The number of carbonyl (C=O) groups is 2. The highest BCUT2D eigenvalue weighted by Crippen LogP contribution is 2.18. The van der Waals surface area contributed by atoms with Gasteiger partial charge in [-0.05, 0) is 18.2 Å². The van der Waals surface area contributed by atoms with Gasteiger partial charge in [0.15, 0.2) is 0 Å². The lowest BCUT2D eigenvalue weighted by atomic mass is 10.1.